The van der Waals surface area contributed by atoms with E-state index in [-0.39, 0.29) is 30.1 Å². The summed E-state index contributed by atoms with van der Waals surface area (Å²) in [5.41, 5.74) is 0.985. The highest BCUT2D eigenvalue weighted by Crippen LogP contribution is 2.42. The number of anilines is 1. The molecule has 3 aliphatic heterocycles. The van der Waals surface area contributed by atoms with Crippen LogP contribution in [0.2, 0.25) is 0 Å². The molecule has 0 radical (unpaired) electrons. The minimum Gasteiger partial charge on any atom is -0.367 e. The van der Waals surface area contributed by atoms with E-state index in [9.17, 15) is 14.4 Å². The molecule has 1 aliphatic carbocycles. The summed E-state index contributed by atoms with van der Waals surface area (Å²) in [5.74, 6) is 1.88. The van der Waals surface area contributed by atoms with Crippen LogP contribution in [0.25, 0.3) is 11.3 Å². The van der Waals surface area contributed by atoms with Gasteiger partial charge in [-0.2, -0.15) is 0 Å². The number of rotatable bonds is 7. The Bertz CT molecular complexity index is 1370. The molecule has 4 atom stereocenters. The summed E-state index contributed by atoms with van der Waals surface area (Å²) in [6.45, 7) is 6.33. The highest BCUT2D eigenvalue weighted by Gasteiger charge is 2.59. The third-order valence-electron chi connectivity index (χ3n) is 9.57. The van der Waals surface area contributed by atoms with E-state index in [2.05, 4.69) is 35.0 Å². The molecule has 0 bridgehead atoms. The standard InChI is InChI=1S/C32H39N5O4S/c1-4-22-18-37(28-26(39)19-41-29(22)28)32(20-38,25-8-6-5-7-9-25)34-30(40)24-12-10-23(11-13-24)27-21(2)42-31(33-27)36-16-14-35(3)15-17-36/h1,10-13,20,22,25,28-29H,5-9,14-19H2,2-3H3,(H,34,40). The van der Waals surface area contributed by atoms with Gasteiger partial charge in [-0.15, -0.1) is 17.8 Å². The van der Waals surface area contributed by atoms with Crippen molar-refractivity contribution in [3.63, 3.8) is 0 Å². The Morgan fingerprint density at radius 1 is 1.17 bits per heavy atom. The smallest absolute Gasteiger partial charge is 0.253 e. The molecule has 4 fully saturated rings. The molecule has 1 N–H and O–H groups in total. The first kappa shape index (κ1) is 29.0. The van der Waals surface area contributed by atoms with Gasteiger partial charge in [-0.05, 0) is 38.9 Å². The first-order chi connectivity index (χ1) is 20.3. The fourth-order valence-corrected chi connectivity index (χ4v) is 8.13. The number of hydrogen-bond acceptors (Lipinski definition) is 9. The number of amides is 1. The Hall–Kier alpha value is -3.10. The lowest BCUT2D eigenvalue weighted by molar-refractivity contribution is -0.132. The Morgan fingerprint density at radius 2 is 1.88 bits per heavy atom. The molecule has 2 aromatic rings. The van der Waals surface area contributed by atoms with E-state index in [0.717, 1.165) is 85.8 Å². The summed E-state index contributed by atoms with van der Waals surface area (Å²) in [6.07, 6.45) is 10.8. The average Bonchev–Trinajstić information content (AvgIpc) is 3.71. The van der Waals surface area contributed by atoms with Crippen LogP contribution in [0, 0.1) is 31.1 Å². The Labute approximate surface area is 251 Å². The maximum atomic E-state index is 13.8. The highest BCUT2D eigenvalue weighted by molar-refractivity contribution is 7.16. The van der Waals surface area contributed by atoms with Crippen LogP contribution in [-0.2, 0) is 14.3 Å². The Kier molecular flexibility index (Phi) is 8.20. The zero-order valence-corrected chi connectivity index (χ0v) is 25.2. The molecule has 1 amide bonds. The van der Waals surface area contributed by atoms with Crippen molar-refractivity contribution < 1.29 is 19.1 Å². The van der Waals surface area contributed by atoms with Crippen LogP contribution in [0.5, 0.6) is 0 Å². The summed E-state index contributed by atoms with van der Waals surface area (Å²) in [4.78, 5) is 52.5. The van der Waals surface area contributed by atoms with E-state index < -0.39 is 17.8 Å². The molecule has 4 aliphatic rings. The summed E-state index contributed by atoms with van der Waals surface area (Å²) >= 11 is 1.70. The molecule has 10 heteroatoms. The normalized spacial score (nSPS) is 26.9. The number of Topliss-reactive ketones (excluding diaryl/α,β-unsaturated/α-hetero) is 1. The number of nitrogens with one attached hydrogen (secondary N) is 1. The molecule has 9 nitrogen and oxygen atoms in total. The number of piperazine rings is 1. The fraction of sp³-hybridized carbons (Fsp3) is 0.562. The van der Waals surface area contributed by atoms with Gasteiger partial charge in [0.05, 0.1) is 17.7 Å². The number of ether oxygens (including phenoxy) is 1. The second kappa shape index (κ2) is 11.9. The van der Waals surface area contributed by atoms with Gasteiger partial charge in [0.25, 0.3) is 5.91 Å². The van der Waals surface area contributed by atoms with Gasteiger partial charge in [0.2, 0.25) is 0 Å². The zero-order chi connectivity index (χ0) is 29.4. The van der Waals surface area contributed by atoms with Crippen molar-refractivity contribution in [3.8, 4) is 23.6 Å². The predicted octanol–water partition coefficient (Wildman–Crippen LogP) is 2.98. The van der Waals surface area contributed by atoms with Crippen LogP contribution in [0.3, 0.4) is 0 Å². The second-order valence-electron chi connectivity index (χ2n) is 12.1. The quantitative estimate of drug-likeness (QED) is 0.389. The first-order valence-corrected chi connectivity index (χ1v) is 15.8. The molecule has 42 heavy (non-hydrogen) atoms. The topological polar surface area (TPSA) is 95.1 Å². The van der Waals surface area contributed by atoms with Crippen LogP contribution in [0.1, 0.15) is 47.3 Å². The molecule has 1 aromatic heterocycles. The largest absolute Gasteiger partial charge is 0.367 e. The molecular weight excluding hydrogens is 550 g/mol. The van der Waals surface area contributed by atoms with Gasteiger partial charge < -0.3 is 19.9 Å². The van der Waals surface area contributed by atoms with Gasteiger partial charge in [0, 0.05) is 54.6 Å². The van der Waals surface area contributed by atoms with Gasteiger partial charge in [-0.1, -0.05) is 37.3 Å². The van der Waals surface area contributed by atoms with E-state index in [1.807, 2.05) is 17.0 Å². The van der Waals surface area contributed by atoms with Crippen molar-refractivity contribution in [2.75, 3.05) is 51.3 Å². The van der Waals surface area contributed by atoms with E-state index in [0.29, 0.717) is 12.1 Å². The van der Waals surface area contributed by atoms with Gasteiger partial charge in [-0.3, -0.25) is 19.3 Å². The van der Waals surface area contributed by atoms with Crippen LogP contribution in [0.4, 0.5) is 5.13 Å². The summed E-state index contributed by atoms with van der Waals surface area (Å²) in [7, 11) is 2.14. The number of hydrogen-bond donors (Lipinski definition) is 1. The van der Waals surface area contributed by atoms with Gasteiger partial charge >= 0.3 is 0 Å². The summed E-state index contributed by atoms with van der Waals surface area (Å²) < 4.78 is 5.78. The van der Waals surface area contributed by atoms with Crippen molar-refractivity contribution in [1.29, 1.82) is 0 Å². The number of benzene rings is 1. The molecule has 1 saturated carbocycles. The van der Waals surface area contributed by atoms with E-state index in [1.165, 1.54) is 0 Å². The lowest BCUT2D eigenvalue weighted by Gasteiger charge is -2.46. The lowest BCUT2D eigenvalue weighted by Crippen LogP contribution is -2.68. The number of likely N-dealkylation sites (tertiary alicyclic amines) is 1. The van der Waals surface area contributed by atoms with Gasteiger partial charge in [0.1, 0.15) is 12.6 Å². The second-order valence-corrected chi connectivity index (χ2v) is 13.3. The number of carbonyl (C=O) groups is 3. The Morgan fingerprint density at radius 3 is 2.55 bits per heavy atom. The number of aldehydes is 1. The van der Waals surface area contributed by atoms with Crippen molar-refractivity contribution in [1.82, 2.24) is 20.1 Å². The van der Waals surface area contributed by atoms with Crippen LogP contribution >= 0.6 is 11.3 Å². The average molecular weight is 590 g/mol. The highest BCUT2D eigenvalue weighted by atomic mass is 32.1. The molecule has 0 spiro atoms. The van der Waals surface area contributed by atoms with Gasteiger partial charge in [-0.25, -0.2) is 4.98 Å². The van der Waals surface area contributed by atoms with Crippen molar-refractivity contribution in [2.24, 2.45) is 11.8 Å². The number of likely N-dealkylation sites (N-methyl/N-ethyl adjacent to an activating group) is 1. The monoisotopic (exact) mass is 589 g/mol. The number of aryl methyl sites for hydroxylation is 1. The number of thiazole rings is 1. The van der Waals surface area contributed by atoms with Crippen LogP contribution < -0.4 is 10.2 Å². The van der Waals surface area contributed by atoms with Gasteiger partial charge in [0.15, 0.2) is 22.9 Å². The predicted molar refractivity (Wildman–Crippen MR) is 162 cm³/mol. The summed E-state index contributed by atoms with van der Waals surface area (Å²) in [6, 6.07) is 6.78. The molecule has 6 rings (SSSR count). The van der Waals surface area contributed by atoms with Crippen molar-refractivity contribution in [2.45, 2.75) is 56.8 Å². The molecule has 3 saturated heterocycles. The fourth-order valence-electron chi connectivity index (χ4n) is 7.14. The third kappa shape index (κ3) is 5.17. The number of terminal acetylenes is 1. The number of ketones is 1. The summed E-state index contributed by atoms with van der Waals surface area (Å²) in [5, 5.41) is 4.15. The zero-order valence-electron chi connectivity index (χ0n) is 24.4. The molecule has 222 valence electrons. The number of fused-ring (bicyclic) bond motifs is 1. The molecule has 1 aromatic carbocycles. The third-order valence-corrected chi connectivity index (χ3v) is 10.6. The number of nitrogens with zero attached hydrogens (tertiary/aromatic N) is 4. The minimum atomic E-state index is -1.34. The van der Waals surface area contributed by atoms with Crippen molar-refractivity contribution >= 4 is 34.4 Å². The lowest BCUT2D eigenvalue weighted by atomic mass is 9.78. The van der Waals surface area contributed by atoms with E-state index >= 15 is 0 Å². The van der Waals surface area contributed by atoms with E-state index in [4.69, 9.17) is 16.1 Å². The van der Waals surface area contributed by atoms with Crippen LogP contribution in [0.15, 0.2) is 24.3 Å². The minimum absolute atomic E-state index is 0.0222. The van der Waals surface area contributed by atoms with Crippen LogP contribution in [-0.4, -0.2) is 96.9 Å². The SMILES string of the molecule is C#CC1CN(C(C=O)(NC(=O)c2ccc(-c3nc(N4CCN(C)CC4)sc3C)cc2)C2CCCCC2)C2C(=O)COC12. The molecule has 4 heterocycles. The first-order valence-electron chi connectivity index (χ1n) is 15.0. The van der Waals surface area contributed by atoms with Crippen molar-refractivity contribution in [3.05, 3.63) is 34.7 Å². The number of aromatic nitrogens is 1. The Balaban J connectivity index is 1.25. The molecular formula is C32H39N5O4S. The number of carbonyl (C=O) groups excluding carboxylic acids is 3. The maximum absolute atomic E-state index is 13.8. The maximum Gasteiger partial charge on any atom is 0.253 e. The van der Waals surface area contributed by atoms with E-state index in [1.54, 1.807) is 23.5 Å². The molecule has 4 unspecified atom stereocenters.